The van der Waals surface area contributed by atoms with E-state index >= 15 is 0 Å². The Balaban J connectivity index is 2.13. The lowest BCUT2D eigenvalue weighted by molar-refractivity contribution is -0.115. The van der Waals surface area contributed by atoms with Gasteiger partial charge in [0.05, 0.1) is 12.0 Å². The molecule has 0 bridgehead atoms. The van der Waals surface area contributed by atoms with Crippen molar-refractivity contribution in [3.8, 4) is 0 Å². The number of aryl methyl sites for hydroxylation is 2. The van der Waals surface area contributed by atoms with Gasteiger partial charge >= 0.3 is 0 Å². The Morgan fingerprint density at radius 3 is 2.26 bits per heavy atom. The lowest BCUT2D eigenvalue weighted by atomic mass is 10.1. The Labute approximate surface area is 140 Å². The molecule has 0 aliphatic carbocycles. The van der Waals surface area contributed by atoms with Crippen molar-refractivity contribution in [1.82, 2.24) is 5.32 Å². The van der Waals surface area contributed by atoms with E-state index in [1.807, 2.05) is 38.1 Å². The molecule has 0 aliphatic rings. The molecular weight excluding hydrogens is 308 g/mol. The second-order valence-corrected chi connectivity index (χ2v) is 6.69. The van der Waals surface area contributed by atoms with Crippen molar-refractivity contribution in [1.29, 1.82) is 0 Å². The molecule has 1 aromatic carbocycles. The van der Waals surface area contributed by atoms with Crippen LogP contribution in [0.25, 0.3) is 0 Å². The quantitative estimate of drug-likeness (QED) is 0.882. The van der Waals surface area contributed by atoms with Gasteiger partial charge in [-0.3, -0.25) is 9.59 Å². The number of benzene rings is 1. The summed E-state index contributed by atoms with van der Waals surface area (Å²) in [6.45, 7) is 5.95. The highest BCUT2D eigenvalue weighted by Gasteiger charge is 2.20. The number of carbonyl (C=O) groups is 2. The van der Waals surface area contributed by atoms with Gasteiger partial charge in [0.2, 0.25) is 5.91 Å². The number of carbonyl (C=O) groups excluding carboxylic acids is 2. The van der Waals surface area contributed by atoms with Gasteiger partial charge < -0.3 is 10.6 Å². The van der Waals surface area contributed by atoms with E-state index < -0.39 is 0 Å². The molecule has 0 radical (unpaired) electrons. The fourth-order valence-corrected chi connectivity index (χ4v) is 3.44. The lowest BCUT2D eigenvalue weighted by Crippen LogP contribution is -2.21. The molecule has 2 amide bonds. The maximum Gasteiger partial charge on any atom is 0.254 e. The van der Waals surface area contributed by atoms with Crippen molar-refractivity contribution < 1.29 is 9.59 Å². The number of rotatable bonds is 5. The normalized spacial score (nSPS) is 10.4. The average molecular weight is 330 g/mol. The highest BCUT2D eigenvalue weighted by molar-refractivity contribution is 7.16. The molecule has 1 heterocycles. The van der Waals surface area contributed by atoms with Crippen molar-refractivity contribution in [2.45, 2.75) is 33.6 Å². The number of nitrogens with one attached hydrogen (secondary N) is 2. The van der Waals surface area contributed by atoms with E-state index in [0.717, 1.165) is 22.4 Å². The summed E-state index contributed by atoms with van der Waals surface area (Å²) in [7, 11) is 1.59. The van der Waals surface area contributed by atoms with Gasteiger partial charge in [0.1, 0.15) is 5.00 Å². The first-order valence-electron chi connectivity index (χ1n) is 7.66. The Morgan fingerprint density at radius 1 is 1.09 bits per heavy atom. The minimum atomic E-state index is -0.172. The van der Waals surface area contributed by atoms with Crippen LogP contribution in [-0.4, -0.2) is 18.9 Å². The monoisotopic (exact) mass is 330 g/mol. The van der Waals surface area contributed by atoms with Crippen LogP contribution in [0.1, 0.15) is 38.8 Å². The predicted octanol–water partition coefficient (Wildman–Crippen LogP) is 3.47. The van der Waals surface area contributed by atoms with E-state index in [1.165, 1.54) is 16.9 Å². The molecule has 122 valence electrons. The highest BCUT2D eigenvalue weighted by atomic mass is 32.1. The molecule has 5 heteroatoms. The van der Waals surface area contributed by atoms with Crippen molar-refractivity contribution in [2.75, 3.05) is 12.4 Å². The molecule has 0 spiro atoms. The summed E-state index contributed by atoms with van der Waals surface area (Å²) >= 11 is 1.44. The Morgan fingerprint density at radius 2 is 1.70 bits per heavy atom. The first-order valence-corrected chi connectivity index (χ1v) is 8.47. The molecule has 4 nitrogen and oxygen atoms in total. The Bertz CT molecular complexity index is 717. The molecule has 1 aromatic heterocycles. The van der Waals surface area contributed by atoms with Gasteiger partial charge in [0.25, 0.3) is 5.91 Å². The number of hydrogen-bond acceptors (Lipinski definition) is 3. The van der Waals surface area contributed by atoms with Gasteiger partial charge in [-0.25, -0.2) is 0 Å². The summed E-state index contributed by atoms with van der Waals surface area (Å²) in [4.78, 5) is 25.3. The van der Waals surface area contributed by atoms with Crippen LogP contribution in [0.15, 0.2) is 24.3 Å². The molecule has 0 saturated heterocycles. The second kappa shape index (κ2) is 7.42. The van der Waals surface area contributed by atoms with Gasteiger partial charge in [0, 0.05) is 11.9 Å². The van der Waals surface area contributed by atoms with Crippen LogP contribution < -0.4 is 10.6 Å². The number of hydrogen-bond donors (Lipinski definition) is 2. The van der Waals surface area contributed by atoms with Crippen molar-refractivity contribution in [3.05, 3.63) is 51.4 Å². The van der Waals surface area contributed by atoms with Gasteiger partial charge in [-0.15, -0.1) is 11.3 Å². The van der Waals surface area contributed by atoms with E-state index in [1.54, 1.807) is 7.05 Å². The molecule has 2 N–H and O–H groups in total. The zero-order valence-electron chi connectivity index (χ0n) is 13.9. The molecule has 0 saturated carbocycles. The number of amides is 2. The van der Waals surface area contributed by atoms with Crippen molar-refractivity contribution >= 4 is 28.2 Å². The molecule has 2 aromatic rings. The second-order valence-electron chi connectivity index (χ2n) is 5.46. The predicted molar refractivity (Wildman–Crippen MR) is 95.3 cm³/mol. The SMILES string of the molecule is CCc1ccc(CC(=O)Nc2sc(C)c(C)c2C(=O)NC)cc1. The zero-order valence-corrected chi connectivity index (χ0v) is 14.8. The molecule has 23 heavy (non-hydrogen) atoms. The maximum atomic E-state index is 12.3. The fourth-order valence-electron chi connectivity index (χ4n) is 2.36. The van der Waals surface area contributed by atoms with Gasteiger partial charge in [-0.05, 0) is 37.0 Å². The minimum Gasteiger partial charge on any atom is -0.355 e. The van der Waals surface area contributed by atoms with Crippen LogP contribution >= 0.6 is 11.3 Å². The van der Waals surface area contributed by atoms with E-state index in [-0.39, 0.29) is 11.8 Å². The first-order chi connectivity index (χ1) is 11.0. The molecular formula is C18H22N2O2S. The first kappa shape index (κ1) is 17.2. The van der Waals surface area contributed by atoms with E-state index in [4.69, 9.17) is 0 Å². The van der Waals surface area contributed by atoms with Crippen LogP contribution in [0.4, 0.5) is 5.00 Å². The fraction of sp³-hybridized carbons (Fsp3) is 0.333. The molecule has 0 atom stereocenters. The van der Waals surface area contributed by atoms with Crippen LogP contribution in [0.2, 0.25) is 0 Å². The molecule has 0 fully saturated rings. The van der Waals surface area contributed by atoms with Crippen molar-refractivity contribution in [2.24, 2.45) is 0 Å². The summed E-state index contributed by atoms with van der Waals surface area (Å²) in [5.41, 5.74) is 3.69. The molecule has 2 rings (SSSR count). The number of thiophene rings is 1. The maximum absolute atomic E-state index is 12.3. The smallest absolute Gasteiger partial charge is 0.254 e. The molecule has 0 aliphatic heterocycles. The van der Waals surface area contributed by atoms with E-state index in [0.29, 0.717) is 17.0 Å². The van der Waals surface area contributed by atoms with Crippen LogP contribution in [0.5, 0.6) is 0 Å². The third-order valence-corrected chi connectivity index (χ3v) is 5.01. The summed E-state index contributed by atoms with van der Waals surface area (Å²) < 4.78 is 0. The zero-order chi connectivity index (χ0) is 17.0. The average Bonchev–Trinajstić information content (AvgIpc) is 2.81. The lowest BCUT2D eigenvalue weighted by Gasteiger charge is -2.07. The standard InChI is InChI=1S/C18H22N2O2S/c1-5-13-6-8-14(9-7-13)10-15(21)20-18-16(17(22)19-4)11(2)12(3)23-18/h6-9H,5,10H2,1-4H3,(H,19,22)(H,20,21). The van der Waals surface area contributed by atoms with Crippen LogP contribution in [0.3, 0.4) is 0 Å². The van der Waals surface area contributed by atoms with Crippen molar-refractivity contribution in [3.63, 3.8) is 0 Å². The van der Waals surface area contributed by atoms with Gasteiger partial charge in [-0.1, -0.05) is 31.2 Å². The summed E-state index contributed by atoms with van der Waals surface area (Å²) in [5, 5.41) is 6.13. The minimum absolute atomic E-state index is 0.111. The Kier molecular flexibility index (Phi) is 5.55. The Hall–Kier alpha value is -2.14. The third kappa shape index (κ3) is 3.99. The van der Waals surface area contributed by atoms with Gasteiger partial charge in [-0.2, -0.15) is 0 Å². The summed E-state index contributed by atoms with van der Waals surface area (Å²) in [6, 6.07) is 8.03. The van der Waals surface area contributed by atoms with Crippen LogP contribution in [-0.2, 0) is 17.6 Å². The number of anilines is 1. The summed E-state index contributed by atoms with van der Waals surface area (Å²) in [5.74, 6) is -0.282. The summed E-state index contributed by atoms with van der Waals surface area (Å²) in [6.07, 6.45) is 1.28. The van der Waals surface area contributed by atoms with E-state index in [9.17, 15) is 9.59 Å². The third-order valence-electron chi connectivity index (χ3n) is 3.89. The molecule has 0 unspecified atom stereocenters. The van der Waals surface area contributed by atoms with Gasteiger partial charge in [0.15, 0.2) is 0 Å². The van der Waals surface area contributed by atoms with Crippen LogP contribution in [0, 0.1) is 13.8 Å². The largest absolute Gasteiger partial charge is 0.355 e. The highest BCUT2D eigenvalue weighted by Crippen LogP contribution is 2.32. The van der Waals surface area contributed by atoms with E-state index in [2.05, 4.69) is 17.6 Å². The topological polar surface area (TPSA) is 58.2 Å².